The Bertz CT molecular complexity index is 589. The molecule has 0 radical (unpaired) electrons. The average Bonchev–Trinajstić information content (AvgIpc) is 2.33. The van der Waals surface area contributed by atoms with Crippen LogP contribution in [0, 0.1) is 12.7 Å². The summed E-state index contributed by atoms with van der Waals surface area (Å²) >= 11 is 3.15. The minimum Gasteiger partial charge on any atom is -0.354 e. The van der Waals surface area contributed by atoms with E-state index in [1.54, 1.807) is 12.1 Å². The first-order valence-electron chi connectivity index (χ1n) is 5.90. The molecule has 19 heavy (non-hydrogen) atoms. The Hall–Kier alpha value is -1.69. The predicted octanol–water partition coefficient (Wildman–Crippen LogP) is 3.86. The van der Waals surface area contributed by atoms with E-state index in [9.17, 15) is 4.39 Å². The molecule has 1 heterocycles. The number of halogens is 2. The van der Waals surface area contributed by atoms with Crippen LogP contribution in [0.2, 0.25) is 0 Å². The Morgan fingerprint density at radius 2 is 2.05 bits per heavy atom. The molecule has 0 aliphatic carbocycles. The molecule has 0 amide bonds. The third-order valence-electron chi connectivity index (χ3n) is 2.38. The number of hydrogen-bond donors (Lipinski definition) is 2. The van der Waals surface area contributed by atoms with Gasteiger partial charge in [-0.25, -0.2) is 9.37 Å². The van der Waals surface area contributed by atoms with Crippen molar-refractivity contribution < 1.29 is 4.39 Å². The molecule has 0 saturated heterocycles. The Labute approximate surface area is 119 Å². The minimum absolute atomic E-state index is 0.294. The van der Waals surface area contributed by atoms with E-state index >= 15 is 0 Å². The average molecular weight is 325 g/mol. The maximum Gasteiger partial charge on any atom is 0.224 e. The van der Waals surface area contributed by atoms with Gasteiger partial charge in [0.25, 0.3) is 0 Å². The van der Waals surface area contributed by atoms with Crippen LogP contribution in [0.1, 0.15) is 12.6 Å². The molecule has 2 aromatic rings. The molecule has 6 heteroatoms. The van der Waals surface area contributed by atoms with Gasteiger partial charge in [0, 0.05) is 24.0 Å². The van der Waals surface area contributed by atoms with Crippen molar-refractivity contribution in [1.82, 2.24) is 9.97 Å². The second kappa shape index (κ2) is 5.97. The maximum atomic E-state index is 13.2. The van der Waals surface area contributed by atoms with E-state index in [-0.39, 0.29) is 5.82 Å². The Kier molecular flexibility index (Phi) is 4.31. The summed E-state index contributed by atoms with van der Waals surface area (Å²) in [5.41, 5.74) is 1.61. The quantitative estimate of drug-likeness (QED) is 0.896. The molecule has 0 saturated carbocycles. The second-order valence-electron chi connectivity index (χ2n) is 4.00. The smallest absolute Gasteiger partial charge is 0.224 e. The van der Waals surface area contributed by atoms with Gasteiger partial charge >= 0.3 is 0 Å². The number of benzene rings is 1. The number of aromatic nitrogens is 2. The summed E-state index contributed by atoms with van der Waals surface area (Å²) in [6.07, 6.45) is 0. The molecular formula is C13H14BrFN4. The number of rotatable bonds is 4. The van der Waals surface area contributed by atoms with Crippen molar-refractivity contribution in [2.45, 2.75) is 13.8 Å². The van der Waals surface area contributed by atoms with Crippen molar-refractivity contribution in [2.24, 2.45) is 0 Å². The van der Waals surface area contributed by atoms with Gasteiger partial charge in [-0.3, -0.25) is 0 Å². The van der Waals surface area contributed by atoms with Gasteiger partial charge in [0.05, 0.1) is 4.47 Å². The maximum absolute atomic E-state index is 13.2. The third kappa shape index (κ3) is 3.64. The molecule has 0 unspecified atom stereocenters. The van der Waals surface area contributed by atoms with Crippen molar-refractivity contribution in [3.8, 4) is 0 Å². The van der Waals surface area contributed by atoms with Gasteiger partial charge in [-0.15, -0.1) is 0 Å². The van der Waals surface area contributed by atoms with Crippen LogP contribution in [-0.4, -0.2) is 16.5 Å². The highest BCUT2D eigenvalue weighted by Gasteiger charge is 2.04. The third-order valence-corrected chi connectivity index (χ3v) is 2.99. The van der Waals surface area contributed by atoms with Crippen molar-refractivity contribution in [3.63, 3.8) is 0 Å². The zero-order chi connectivity index (χ0) is 13.8. The lowest BCUT2D eigenvalue weighted by Crippen LogP contribution is -2.05. The number of nitrogens with one attached hydrogen (secondary N) is 2. The lowest BCUT2D eigenvalue weighted by atomic mass is 10.3. The van der Waals surface area contributed by atoms with Crippen LogP contribution < -0.4 is 10.6 Å². The van der Waals surface area contributed by atoms with Gasteiger partial charge in [0.1, 0.15) is 11.6 Å². The molecule has 1 aromatic carbocycles. The summed E-state index contributed by atoms with van der Waals surface area (Å²) in [4.78, 5) is 8.59. The molecule has 2 N–H and O–H groups in total. The summed E-state index contributed by atoms with van der Waals surface area (Å²) in [5.74, 6) is 0.950. The first kappa shape index (κ1) is 13.7. The second-order valence-corrected chi connectivity index (χ2v) is 4.86. The van der Waals surface area contributed by atoms with Gasteiger partial charge < -0.3 is 10.6 Å². The van der Waals surface area contributed by atoms with Crippen LogP contribution in [0.25, 0.3) is 0 Å². The van der Waals surface area contributed by atoms with E-state index in [2.05, 4.69) is 36.5 Å². The van der Waals surface area contributed by atoms with Gasteiger partial charge in [0.2, 0.25) is 5.95 Å². The predicted molar refractivity (Wildman–Crippen MR) is 78.3 cm³/mol. The summed E-state index contributed by atoms with van der Waals surface area (Å²) in [7, 11) is 0. The molecule has 4 nitrogen and oxygen atoms in total. The zero-order valence-electron chi connectivity index (χ0n) is 10.7. The summed E-state index contributed by atoms with van der Waals surface area (Å²) in [6.45, 7) is 4.63. The molecule has 100 valence electrons. The molecule has 0 aliphatic heterocycles. The standard InChI is InChI=1S/C13H14BrFN4/c1-3-16-13-17-8(2)6-12(19-13)18-9-4-5-11(15)10(14)7-9/h4-7H,3H2,1-2H3,(H2,16,17,18,19). The van der Waals surface area contributed by atoms with Crippen LogP contribution in [-0.2, 0) is 0 Å². The van der Waals surface area contributed by atoms with E-state index < -0.39 is 0 Å². The van der Waals surface area contributed by atoms with Crippen molar-refractivity contribution in [2.75, 3.05) is 17.2 Å². The summed E-state index contributed by atoms with van der Waals surface area (Å²) < 4.78 is 13.6. The molecule has 2 rings (SSSR count). The molecule has 0 aliphatic rings. The minimum atomic E-state index is -0.294. The van der Waals surface area contributed by atoms with Gasteiger partial charge in [-0.05, 0) is 48.0 Å². The highest BCUT2D eigenvalue weighted by molar-refractivity contribution is 9.10. The van der Waals surface area contributed by atoms with Gasteiger partial charge in [-0.2, -0.15) is 4.98 Å². The van der Waals surface area contributed by atoms with E-state index in [1.165, 1.54) is 6.07 Å². The van der Waals surface area contributed by atoms with E-state index in [0.717, 1.165) is 17.9 Å². The normalized spacial score (nSPS) is 10.3. The van der Waals surface area contributed by atoms with Crippen LogP contribution >= 0.6 is 15.9 Å². The molecular weight excluding hydrogens is 311 g/mol. The molecule has 0 spiro atoms. The fourth-order valence-corrected chi connectivity index (χ4v) is 1.97. The Balaban J connectivity index is 2.24. The fraction of sp³-hybridized carbons (Fsp3) is 0.231. The highest BCUT2D eigenvalue weighted by Crippen LogP contribution is 2.23. The monoisotopic (exact) mass is 324 g/mol. The molecule has 0 bridgehead atoms. The zero-order valence-corrected chi connectivity index (χ0v) is 12.3. The summed E-state index contributed by atoms with van der Waals surface area (Å²) in [6, 6.07) is 6.55. The van der Waals surface area contributed by atoms with Crippen LogP contribution in [0.15, 0.2) is 28.7 Å². The van der Waals surface area contributed by atoms with Crippen LogP contribution in [0.4, 0.5) is 21.8 Å². The summed E-state index contributed by atoms with van der Waals surface area (Å²) in [5, 5.41) is 6.19. The van der Waals surface area contributed by atoms with Gasteiger partial charge in [0.15, 0.2) is 0 Å². The number of aryl methyl sites for hydroxylation is 1. The van der Waals surface area contributed by atoms with Crippen molar-refractivity contribution in [1.29, 1.82) is 0 Å². The number of anilines is 3. The first-order chi connectivity index (χ1) is 9.08. The fourth-order valence-electron chi connectivity index (χ4n) is 1.59. The Morgan fingerprint density at radius 3 is 2.74 bits per heavy atom. The van der Waals surface area contributed by atoms with E-state index in [4.69, 9.17) is 0 Å². The van der Waals surface area contributed by atoms with E-state index in [1.807, 2.05) is 19.9 Å². The van der Waals surface area contributed by atoms with Crippen LogP contribution in [0.5, 0.6) is 0 Å². The number of nitrogens with zero attached hydrogens (tertiary/aromatic N) is 2. The largest absolute Gasteiger partial charge is 0.354 e. The molecule has 0 atom stereocenters. The van der Waals surface area contributed by atoms with Crippen molar-refractivity contribution in [3.05, 3.63) is 40.2 Å². The lowest BCUT2D eigenvalue weighted by molar-refractivity contribution is 0.621. The lowest BCUT2D eigenvalue weighted by Gasteiger charge is -2.09. The topological polar surface area (TPSA) is 49.8 Å². The SMILES string of the molecule is CCNc1nc(C)cc(Nc2ccc(F)c(Br)c2)n1. The van der Waals surface area contributed by atoms with Crippen LogP contribution in [0.3, 0.4) is 0 Å². The van der Waals surface area contributed by atoms with Gasteiger partial charge in [-0.1, -0.05) is 0 Å². The highest BCUT2D eigenvalue weighted by atomic mass is 79.9. The number of hydrogen-bond acceptors (Lipinski definition) is 4. The molecule has 0 fully saturated rings. The van der Waals surface area contributed by atoms with Crippen molar-refractivity contribution >= 4 is 33.4 Å². The first-order valence-corrected chi connectivity index (χ1v) is 6.69. The molecule has 1 aromatic heterocycles. The Morgan fingerprint density at radius 1 is 1.26 bits per heavy atom. The van der Waals surface area contributed by atoms with E-state index in [0.29, 0.717) is 16.2 Å².